The summed E-state index contributed by atoms with van der Waals surface area (Å²) in [5, 5.41) is 17.6. The first-order valence-corrected chi connectivity index (χ1v) is 5.41. The van der Waals surface area contributed by atoms with Gasteiger partial charge in [-0.1, -0.05) is 11.1 Å². The van der Waals surface area contributed by atoms with Gasteiger partial charge in [0.1, 0.15) is 6.54 Å². The van der Waals surface area contributed by atoms with Crippen molar-refractivity contribution in [2.75, 3.05) is 0 Å². The van der Waals surface area contributed by atoms with Crippen molar-refractivity contribution in [3.63, 3.8) is 0 Å². The molecule has 1 amide bonds. The molecule has 102 valence electrons. The molecule has 2 rings (SSSR count). The van der Waals surface area contributed by atoms with Crippen molar-refractivity contribution in [3.8, 4) is 0 Å². The average molecular weight is 275 g/mol. The summed E-state index contributed by atoms with van der Waals surface area (Å²) in [6.45, 7) is -0.217. The number of hydrogen-bond donors (Lipinski definition) is 1. The summed E-state index contributed by atoms with van der Waals surface area (Å²) >= 11 is 0. The van der Waals surface area contributed by atoms with E-state index in [4.69, 9.17) is 0 Å². The second-order valence-electron chi connectivity index (χ2n) is 3.58. The Morgan fingerprint density at radius 2 is 2.45 bits per heavy atom. The number of hydrogen-bond acceptors (Lipinski definition) is 7. The van der Waals surface area contributed by atoms with E-state index >= 15 is 0 Å². The first-order valence-electron chi connectivity index (χ1n) is 5.41. The van der Waals surface area contributed by atoms with Crippen molar-refractivity contribution in [2.24, 2.45) is 5.10 Å². The van der Waals surface area contributed by atoms with Crippen LogP contribution >= 0.6 is 0 Å². The van der Waals surface area contributed by atoms with Gasteiger partial charge in [0.15, 0.2) is 0 Å². The molecule has 2 heterocycles. The van der Waals surface area contributed by atoms with Crippen LogP contribution in [0.1, 0.15) is 5.56 Å². The Hall–Kier alpha value is -3.17. The lowest BCUT2D eigenvalue weighted by atomic mass is 10.3. The topological polar surface area (TPSA) is 128 Å². The maximum atomic E-state index is 11.5. The van der Waals surface area contributed by atoms with Crippen molar-refractivity contribution < 1.29 is 9.72 Å². The molecule has 0 fully saturated rings. The third kappa shape index (κ3) is 3.66. The van der Waals surface area contributed by atoms with Crippen LogP contribution in [-0.4, -0.2) is 36.8 Å². The molecular formula is C10H9N7O3. The number of aromatic nitrogens is 4. The highest BCUT2D eigenvalue weighted by Crippen LogP contribution is 1.99. The predicted octanol–water partition coefficient (Wildman–Crippen LogP) is -0.268. The van der Waals surface area contributed by atoms with Crippen molar-refractivity contribution >= 4 is 18.1 Å². The lowest BCUT2D eigenvalue weighted by molar-refractivity contribution is -0.394. The summed E-state index contributed by atoms with van der Waals surface area (Å²) in [5.74, 6) is -1.04. The fraction of sp³-hybridized carbons (Fsp3) is 0.100. The lowest BCUT2D eigenvalue weighted by Crippen LogP contribution is -2.23. The van der Waals surface area contributed by atoms with Gasteiger partial charge in [-0.15, -0.1) is 0 Å². The number of hydrazone groups is 1. The Kier molecular flexibility index (Phi) is 4.07. The van der Waals surface area contributed by atoms with Crippen molar-refractivity contribution in [1.82, 2.24) is 25.2 Å². The van der Waals surface area contributed by atoms with Gasteiger partial charge in [0, 0.05) is 23.1 Å². The van der Waals surface area contributed by atoms with E-state index in [1.807, 2.05) is 0 Å². The molecule has 1 N–H and O–H groups in total. The van der Waals surface area contributed by atoms with Gasteiger partial charge in [0.2, 0.25) is 6.33 Å². The zero-order valence-electron chi connectivity index (χ0n) is 10.1. The quantitative estimate of drug-likeness (QED) is 0.454. The van der Waals surface area contributed by atoms with Gasteiger partial charge >= 0.3 is 5.95 Å². The third-order valence-electron chi connectivity index (χ3n) is 2.08. The van der Waals surface area contributed by atoms with E-state index in [2.05, 4.69) is 25.6 Å². The molecule has 0 unspecified atom stereocenters. The highest BCUT2D eigenvalue weighted by molar-refractivity contribution is 5.81. The summed E-state index contributed by atoms with van der Waals surface area (Å²) in [4.78, 5) is 28.4. The number of nitrogens with one attached hydrogen (secondary N) is 1. The Labute approximate surface area is 112 Å². The number of carbonyl (C=O) groups is 1. The number of nitrogens with zero attached hydrogens (tertiary/aromatic N) is 6. The fourth-order valence-corrected chi connectivity index (χ4v) is 1.26. The molecule has 0 spiro atoms. The zero-order chi connectivity index (χ0) is 14.4. The van der Waals surface area contributed by atoms with E-state index < -0.39 is 16.8 Å². The van der Waals surface area contributed by atoms with Gasteiger partial charge in [0.05, 0.1) is 6.21 Å². The minimum Gasteiger partial charge on any atom is -0.390 e. The SMILES string of the molecule is O=C(Cn1cnc([N+](=O)[O-])n1)N/N=C/c1cccnc1. The maximum absolute atomic E-state index is 11.5. The van der Waals surface area contributed by atoms with Gasteiger partial charge < -0.3 is 10.1 Å². The van der Waals surface area contributed by atoms with Gasteiger partial charge in [-0.05, 0) is 11.0 Å². The summed E-state index contributed by atoms with van der Waals surface area (Å²) in [7, 11) is 0. The highest BCUT2D eigenvalue weighted by Gasteiger charge is 2.14. The summed E-state index contributed by atoms with van der Waals surface area (Å²) in [5.41, 5.74) is 2.99. The number of rotatable bonds is 5. The lowest BCUT2D eigenvalue weighted by Gasteiger charge is -1.96. The van der Waals surface area contributed by atoms with Crippen LogP contribution in [0.2, 0.25) is 0 Å². The first kappa shape index (κ1) is 13.3. The van der Waals surface area contributed by atoms with E-state index in [-0.39, 0.29) is 6.54 Å². The monoisotopic (exact) mass is 275 g/mol. The summed E-state index contributed by atoms with van der Waals surface area (Å²) in [6.07, 6.45) is 5.72. The summed E-state index contributed by atoms with van der Waals surface area (Å²) in [6, 6.07) is 3.50. The fourth-order valence-electron chi connectivity index (χ4n) is 1.26. The van der Waals surface area contributed by atoms with Crippen molar-refractivity contribution in [1.29, 1.82) is 0 Å². The molecule has 0 saturated carbocycles. The Bertz CT molecular complexity index is 637. The molecule has 20 heavy (non-hydrogen) atoms. The van der Waals surface area contributed by atoms with Crippen molar-refractivity contribution in [3.05, 3.63) is 46.5 Å². The van der Waals surface area contributed by atoms with Crippen LogP contribution < -0.4 is 5.43 Å². The van der Waals surface area contributed by atoms with Gasteiger partial charge in [-0.25, -0.2) is 5.43 Å². The molecule has 0 saturated heterocycles. The Morgan fingerprint density at radius 3 is 3.10 bits per heavy atom. The van der Waals surface area contributed by atoms with Gasteiger partial charge in [-0.3, -0.25) is 9.78 Å². The normalized spacial score (nSPS) is 10.6. The van der Waals surface area contributed by atoms with Crippen LogP contribution in [-0.2, 0) is 11.3 Å². The van der Waals surface area contributed by atoms with Crippen LogP contribution in [0, 0.1) is 10.1 Å². The molecule has 10 heteroatoms. The molecule has 2 aromatic rings. The van der Waals surface area contributed by atoms with E-state index in [0.29, 0.717) is 0 Å². The summed E-state index contributed by atoms with van der Waals surface area (Å²) < 4.78 is 1.05. The maximum Gasteiger partial charge on any atom is 0.490 e. The van der Waals surface area contributed by atoms with Crippen molar-refractivity contribution in [2.45, 2.75) is 6.54 Å². The van der Waals surface area contributed by atoms with Gasteiger partial charge in [0.25, 0.3) is 5.91 Å². The second kappa shape index (κ2) is 6.13. The number of pyridine rings is 1. The van der Waals surface area contributed by atoms with E-state index in [1.54, 1.807) is 24.5 Å². The molecule has 0 aliphatic heterocycles. The van der Waals surface area contributed by atoms with Crippen LogP contribution in [0.3, 0.4) is 0 Å². The average Bonchev–Trinajstić information content (AvgIpc) is 2.88. The number of carbonyl (C=O) groups excluding carboxylic acids is 1. The number of amides is 1. The minimum absolute atomic E-state index is 0.217. The van der Waals surface area contributed by atoms with Gasteiger partial charge in [-0.2, -0.15) is 9.78 Å². The molecule has 0 radical (unpaired) electrons. The predicted molar refractivity (Wildman–Crippen MR) is 66.7 cm³/mol. The number of nitro groups is 1. The minimum atomic E-state index is -0.741. The largest absolute Gasteiger partial charge is 0.490 e. The Morgan fingerprint density at radius 1 is 1.60 bits per heavy atom. The van der Waals surface area contributed by atoms with Crippen LogP contribution in [0.25, 0.3) is 0 Å². The second-order valence-corrected chi connectivity index (χ2v) is 3.58. The zero-order valence-corrected chi connectivity index (χ0v) is 10.1. The van der Waals surface area contributed by atoms with Crippen LogP contribution in [0.15, 0.2) is 36.0 Å². The van der Waals surface area contributed by atoms with E-state index in [9.17, 15) is 14.9 Å². The first-order chi connectivity index (χ1) is 9.65. The third-order valence-corrected chi connectivity index (χ3v) is 2.08. The van der Waals surface area contributed by atoms with Crippen LogP contribution in [0.4, 0.5) is 5.95 Å². The standard InChI is InChI=1S/C10H9N7O3/c18-9(6-16-7-12-10(15-16)17(19)20)14-13-5-8-2-1-3-11-4-8/h1-5,7H,6H2,(H,14,18)/b13-5+. The molecule has 2 aromatic heterocycles. The molecule has 0 atom stereocenters. The molecule has 10 nitrogen and oxygen atoms in total. The molecular weight excluding hydrogens is 266 g/mol. The van der Waals surface area contributed by atoms with Crippen LogP contribution in [0.5, 0.6) is 0 Å². The Balaban J connectivity index is 1.86. The highest BCUT2D eigenvalue weighted by atomic mass is 16.6. The molecule has 0 aliphatic carbocycles. The molecule has 0 bridgehead atoms. The molecule has 0 aromatic carbocycles. The van der Waals surface area contributed by atoms with E-state index in [0.717, 1.165) is 16.6 Å². The smallest absolute Gasteiger partial charge is 0.390 e. The molecule has 0 aliphatic rings. The van der Waals surface area contributed by atoms with E-state index in [1.165, 1.54) is 6.21 Å².